The molecule has 0 N–H and O–H groups in total. The van der Waals surface area contributed by atoms with Crippen LogP contribution in [-0.2, 0) is 11.3 Å². The van der Waals surface area contributed by atoms with Gasteiger partial charge in [0.25, 0.3) is 5.56 Å². The number of carbonyl (C=O) groups is 1. The minimum absolute atomic E-state index is 0.107. The standard InChI is InChI=1S/C19H19FN4O3/c20-14-5-7-15(8-6-14)27-16-3-1-9-22(11-16)18(25)12-24-19(26)17-4-2-10-23(17)13-21-24/h2,4-8,10,13,16H,1,3,9,11-12H2. The van der Waals surface area contributed by atoms with Crippen LogP contribution in [0.2, 0.25) is 0 Å². The van der Waals surface area contributed by atoms with E-state index >= 15 is 0 Å². The van der Waals surface area contributed by atoms with Crippen molar-refractivity contribution in [3.05, 3.63) is 65.1 Å². The molecule has 8 heteroatoms. The van der Waals surface area contributed by atoms with Crippen LogP contribution in [0.1, 0.15) is 12.8 Å². The molecular weight excluding hydrogens is 351 g/mol. The van der Waals surface area contributed by atoms with E-state index in [1.807, 2.05) is 0 Å². The van der Waals surface area contributed by atoms with Crippen molar-refractivity contribution in [3.63, 3.8) is 0 Å². The summed E-state index contributed by atoms with van der Waals surface area (Å²) in [7, 11) is 0. The number of aromatic nitrogens is 3. The Morgan fingerprint density at radius 3 is 2.89 bits per heavy atom. The van der Waals surface area contributed by atoms with Gasteiger partial charge in [0.15, 0.2) is 0 Å². The van der Waals surface area contributed by atoms with Crippen LogP contribution in [0.25, 0.3) is 5.52 Å². The average molecular weight is 370 g/mol. The van der Waals surface area contributed by atoms with Gasteiger partial charge in [-0.1, -0.05) is 0 Å². The third-order valence-electron chi connectivity index (χ3n) is 4.68. The third-order valence-corrected chi connectivity index (χ3v) is 4.68. The molecule has 0 saturated carbocycles. The molecule has 1 fully saturated rings. The fraction of sp³-hybridized carbons (Fsp3) is 0.316. The van der Waals surface area contributed by atoms with Crippen molar-refractivity contribution < 1.29 is 13.9 Å². The molecule has 4 rings (SSSR count). The molecule has 27 heavy (non-hydrogen) atoms. The summed E-state index contributed by atoms with van der Waals surface area (Å²) >= 11 is 0. The van der Waals surface area contributed by atoms with Crippen molar-refractivity contribution in [1.82, 2.24) is 19.1 Å². The molecule has 1 amide bonds. The Morgan fingerprint density at radius 1 is 1.26 bits per heavy atom. The lowest BCUT2D eigenvalue weighted by atomic mass is 10.1. The fourth-order valence-corrected chi connectivity index (χ4v) is 3.29. The lowest BCUT2D eigenvalue weighted by molar-refractivity contribution is -0.134. The van der Waals surface area contributed by atoms with Crippen molar-refractivity contribution in [2.24, 2.45) is 0 Å². The summed E-state index contributed by atoms with van der Waals surface area (Å²) < 4.78 is 21.7. The second-order valence-electron chi connectivity index (χ2n) is 6.57. The molecule has 1 aliphatic rings. The molecule has 0 aliphatic carbocycles. The number of carbonyl (C=O) groups excluding carboxylic acids is 1. The number of nitrogens with zero attached hydrogens (tertiary/aromatic N) is 4. The average Bonchev–Trinajstić information content (AvgIpc) is 3.16. The Kier molecular flexibility index (Phi) is 4.62. The number of rotatable bonds is 4. The highest BCUT2D eigenvalue weighted by Gasteiger charge is 2.25. The van der Waals surface area contributed by atoms with E-state index in [9.17, 15) is 14.0 Å². The van der Waals surface area contributed by atoms with Crippen LogP contribution in [0, 0.1) is 5.82 Å². The highest BCUT2D eigenvalue weighted by atomic mass is 19.1. The van der Waals surface area contributed by atoms with Gasteiger partial charge in [-0.3, -0.25) is 9.59 Å². The van der Waals surface area contributed by atoms with Gasteiger partial charge in [-0.25, -0.2) is 9.07 Å². The van der Waals surface area contributed by atoms with Crippen LogP contribution in [0.5, 0.6) is 5.75 Å². The lowest BCUT2D eigenvalue weighted by Gasteiger charge is -2.33. The highest BCUT2D eigenvalue weighted by molar-refractivity contribution is 5.76. The second-order valence-corrected chi connectivity index (χ2v) is 6.57. The fourth-order valence-electron chi connectivity index (χ4n) is 3.29. The van der Waals surface area contributed by atoms with E-state index < -0.39 is 0 Å². The molecule has 1 atom stereocenters. The number of amides is 1. The predicted octanol–water partition coefficient (Wildman–Crippen LogP) is 1.71. The molecule has 1 saturated heterocycles. The smallest absolute Gasteiger partial charge is 0.291 e. The van der Waals surface area contributed by atoms with Gasteiger partial charge in [-0.15, -0.1) is 0 Å². The summed E-state index contributed by atoms with van der Waals surface area (Å²) in [6, 6.07) is 9.29. The SMILES string of the molecule is O=C(Cn1ncn2cccc2c1=O)N1CCCC(Oc2ccc(F)cc2)C1. The van der Waals surface area contributed by atoms with E-state index in [0.717, 1.165) is 12.8 Å². The monoisotopic (exact) mass is 370 g/mol. The first-order valence-electron chi connectivity index (χ1n) is 8.83. The lowest BCUT2D eigenvalue weighted by Crippen LogP contribution is -2.46. The zero-order valence-corrected chi connectivity index (χ0v) is 14.6. The Balaban J connectivity index is 1.42. The van der Waals surface area contributed by atoms with E-state index in [2.05, 4.69) is 5.10 Å². The van der Waals surface area contributed by atoms with E-state index in [-0.39, 0.29) is 29.9 Å². The van der Waals surface area contributed by atoms with Crippen LogP contribution in [0.3, 0.4) is 0 Å². The quantitative estimate of drug-likeness (QED) is 0.701. The summed E-state index contributed by atoms with van der Waals surface area (Å²) in [5, 5.41) is 4.06. The minimum atomic E-state index is -0.319. The first-order chi connectivity index (χ1) is 13.1. The number of likely N-dealkylation sites (tertiary alicyclic amines) is 1. The maximum Gasteiger partial charge on any atom is 0.291 e. The molecule has 7 nitrogen and oxygen atoms in total. The molecule has 140 valence electrons. The van der Waals surface area contributed by atoms with Gasteiger partial charge in [-0.05, 0) is 49.2 Å². The summed E-state index contributed by atoms with van der Waals surface area (Å²) in [4.78, 5) is 26.7. The van der Waals surface area contributed by atoms with E-state index in [0.29, 0.717) is 24.4 Å². The topological polar surface area (TPSA) is 68.8 Å². The van der Waals surface area contributed by atoms with Crippen molar-refractivity contribution in [3.8, 4) is 5.75 Å². The van der Waals surface area contributed by atoms with Gasteiger partial charge in [0.1, 0.15) is 36.1 Å². The van der Waals surface area contributed by atoms with E-state index in [1.54, 1.807) is 39.8 Å². The van der Waals surface area contributed by atoms with Crippen LogP contribution in [0.4, 0.5) is 4.39 Å². The zero-order valence-electron chi connectivity index (χ0n) is 14.6. The van der Waals surface area contributed by atoms with Gasteiger partial charge < -0.3 is 14.0 Å². The number of ether oxygens (including phenoxy) is 1. The number of fused-ring (bicyclic) bond motifs is 1. The summed E-state index contributed by atoms with van der Waals surface area (Å²) in [6.45, 7) is 0.937. The Labute approximate surface area is 154 Å². The molecule has 0 bridgehead atoms. The van der Waals surface area contributed by atoms with Crippen molar-refractivity contribution in [2.45, 2.75) is 25.5 Å². The van der Waals surface area contributed by atoms with Crippen molar-refractivity contribution in [1.29, 1.82) is 0 Å². The molecule has 1 aliphatic heterocycles. The van der Waals surface area contributed by atoms with Gasteiger partial charge in [0.05, 0.1) is 6.54 Å². The molecule has 2 aromatic heterocycles. The number of piperidine rings is 1. The second kappa shape index (κ2) is 7.22. The predicted molar refractivity (Wildman–Crippen MR) is 96.1 cm³/mol. The highest BCUT2D eigenvalue weighted by Crippen LogP contribution is 2.19. The van der Waals surface area contributed by atoms with Crippen LogP contribution < -0.4 is 10.3 Å². The summed E-state index contributed by atoms with van der Waals surface area (Å²) in [6.07, 6.45) is 4.71. The third kappa shape index (κ3) is 3.69. The van der Waals surface area contributed by atoms with Crippen molar-refractivity contribution in [2.75, 3.05) is 13.1 Å². The van der Waals surface area contributed by atoms with Gasteiger partial charge in [-0.2, -0.15) is 5.10 Å². The minimum Gasteiger partial charge on any atom is -0.489 e. The van der Waals surface area contributed by atoms with Crippen LogP contribution in [-0.4, -0.2) is 44.2 Å². The summed E-state index contributed by atoms with van der Waals surface area (Å²) in [5.74, 6) is 0.0841. The molecule has 0 radical (unpaired) electrons. The largest absolute Gasteiger partial charge is 0.489 e. The molecule has 1 unspecified atom stereocenters. The normalized spacial score (nSPS) is 17.2. The maximum atomic E-state index is 13.0. The first kappa shape index (κ1) is 17.3. The Hall–Kier alpha value is -3.16. The van der Waals surface area contributed by atoms with Crippen LogP contribution >= 0.6 is 0 Å². The summed E-state index contributed by atoms with van der Waals surface area (Å²) in [5.41, 5.74) is 0.181. The number of hydrogen-bond donors (Lipinski definition) is 0. The molecular formula is C19H19FN4O3. The van der Waals surface area contributed by atoms with E-state index in [4.69, 9.17) is 4.74 Å². The number of hydrogen-bond acceptors (Lipinski definition) is 4. The number of benzene rings is 1. The number of halogens is 1. The Morgan fingerprint density at radius 2 is 2.07 bits per heavy atom. The van der Waals surface area contributed by atoms with Crippen molar-refractivity contribution >= 4 is 11.4 Å². The maximum absolute atomic E-state index is 13.0. The molecule has 0 spiro atoms. The molecule has 3 aromatic rings. The van der Waals surface area contributed by atoms with Gasteiger partial charge >= 0.3 is 0 Å². The molecule has 3 heterocycles. The van der Waals surface area contributed by atoms with E-state index in [1.165, 1.54) is 23.1 Å². The van der Waals surface area contributed by atoms with Gasteiger partial charge in [0, 0.05) is 12.7 Å². The Bertz CT molecular complexity index is 1010. The molecule has 1 aromatic carbocycles. The zero-order chi connectivity index (χ0) is 18.8. The van der Waals surface area contributed by atoms with Gasteiger partial charge in [0.2, 0.25) is 5.91 Å². The van der Waals surface area contributed by atoms with Crippen LogP contribution in [0.15, 0.2) is 53.7 Å². The first-order valence-corrected chi connectivity index (χ1v) is 8.83.